The van der Waals surface area contributed by atoms with Crippen molar-refractivity contribution in [3.05, 3.63) is 0 Å². The average Bonchev–Trinajstić information content (AvgIpc) is 0.868. The van der Waals surface area contributed by atoms with Gasteiger partial charge < -0.3 is 150 Å². The third-order valence-electron chi connectivity index (χ3n) is 15.2. The van der Waals surface area contributed by atoms with Crippen LogP contribution in [0, 0.1) is 0 Å². The maximum absolute atomic E-state index is 14.8. The molecule has 0 fully saturated rings. The van der Waals surface area contributed by atoms with Crippen LogP contribution < -0.4 is 145 Å². The summed E-state index contributed by atoms with van der Waals surface area (Å²) in [6.45, 7) is 0.673. The second-order valence-corrected chi connectivity index (χ2v) is 24.0. The Morgan fingerprint density at radius 1 is 0.252 bits per heavy atom. The maximum Gasteiger partial charge on any atom is 0.326 e. The molecule has 586 valence electrons. The quantitative estimate of drug-likeness (QED) is 0.0153. The molecule has 10 amide bonds. The number of hydrogen-bond acceptors (Lipinski definition) is 21. The van der Waals surface area contributed by atoms with Gasteiger partial charge in [0.05, 0.1) is 6.04 Å². The Hall–Kier alpha value is -10.4. The summed E-state index contributed by atoms with van der Waals surface area (Å²) >= 11 is 0. The highest BCUT2D eigenvalue weighted by Gasteiger charge is 2.36. The van der Waals surface area contributed by atoms with Gasteiger partial charge in [0.2, 0.25) is 59.1 Å². The predicted molar refractivity (Wildman–Crippen MR) is 390 cm³/mol. The number of primary amides is 1. The number of amides is 10. The molecule has 44 N–H and O–H groups in total. The molecular formula is C59H118N32O12. The first kappa shape index (κ1) is 92.6. The zero-order chi connectivity index (χ0) is 77.8. The van der Waals surface area contributed by atoms with Gasteiger partial charge in [-0.1, -0.05) is 0 Å². The molecule has 0 radical (unpaired) electrons. The highest BCUT2D eigenvalue weighted by atomic mass is 16.4. The van der Waals surface area contributed by atoms with Crippen LogP contribution in [0.2, 0.25) is 0 Å². The van der Waals surface area contributed by atoms with Crippen LogP contribution in [0.15, 0.2) is 30.0 Å². The van der Waals surface area contributed by atoms with E-state index in [1.807, 2.05) is 0 Å². The van der Waals surface area contributed by atoms with Crippen molar-refractivity contribution in [1.82, 2.24) is 47.9 Å². The number of nitrogens with zero attached hydrogens (tertiary/aromatic N) is 6. The fourth-order valence-electron chi connectivity index (χ4n) is 9.80. The summed E-state index contributed by atoms with van der Waals surface area (Å²) in [4.78, 5) is 177. The van der Waals surface area contributed by atoms with E-state index >= 15 is 0 Å². The number of carbonyl (C=O) groups excluding carboxylic acids is 10. The second-order valence-electron chi connectivity index (χ2n) is 24.0. The Balaban J connectivity index is 7.61. The van der Waals surface area contributed by atoms with Crippen molar-refractivity contribution in [3.63, 3.8) is 0 Å². The van der Waals surface area contributed by atoms with E-state index in [4.69, 9.17) is 97.5 Å². The molecule has 0 aromatic carbocycles. The number of guanidine groups is 6. The van der Waals surface area contributed by atoms with Crippen molar-refractivity contribution in [2.75, 3.05) is 58.9 Å². The van der Waals surface area contributed by atoms with Crippen LogP contribution in [0.1, 0.15) is 148 Å². The standard InChI is InChI=1S/C59H118N32O12/c60-24-4-1-14-34(83-44(93)33(63)13-7-27-77-54(65)66)45(94)84-35(15-2-5-25-61)46(95)85-36(16-3-6-26-62)47(96)86-37(17-8-28-78-55(67)68)48(97)87-39(19-10-30-80-57(71)72)50(99)90-41(22-23-43(64)92)52(101)89-38(18-9-29-79-56(69)70)49(98)88-40(20-11-31-81-58(73)74)51(100)91-42(53(102)103)21-12-32-82-59(75)76/h33-42H,1-32,60-63H2,(H2,64,92)(H,83,93)(H,84,94)(H,85,95)(H,86,96)(H,87,97)(H,88,98)(H,89,101)(H,90,99)(H,91,100)(H,102,103)(H4,65,66,77)(H4,67,68,78)(H4,69,70,79)(H4,71,72,80)(H4,73,74,81)(H4,75,76,82)/t33-,34-,35-,36-,37-,38-,39-,40-,41-,42-/m0/s1. The van der Waals surface area contributed by atoms with Crippen LogP contribution in [-0.4, -0.2) is 225 Å². The van der Waals surface area contributed by atoms with Crippen LogP contribution in [0.25, 0.3) is 0 Å². The van der Waals surface area contributed by atoms with Gasteiger partial charge in [-0.25, -0.2) is 4.79 Å². The number of aliphatic imine (C=N–C) groups is 6. The molecule has 0 aromatic heterocycles. The van der Waals surface area contributed by atoms with E-state index in [9.17, 15) is 57.8 Å². The van der Waals surface area contributed by atoms with Crippen molar-refractivity contribution >= 4 is 101 Å². The summed E-state index contributed by atoms with van der Waals surface area (Å²) in [5, 5.41) is 33.4. The highest BCUT2D eigenvalue weighted by molar-refractivity contribution is 5.99. The molecule has 0 rings (SSSR count). The number of nitrogens with two attached hydrogens (primary N) is 17. The number of carboxylic acid groups (broad SMARTS) is 1. The van der Waals surface area contributed by atoms with E-state index in [0.717, 1.165) is 0 Å². The van der Waals surface area contributed by atoms with Crippen molar-refractivity contribution in [3.8, 4) is 0 Å². The summed E-state index contributed by atoms with van der Waals surface area (Å²) in [6.07, 6.45) is 1.10. The molecule has 0 heterocycles. The van der Waals surface area contributed by atoms with Gasteiger partial charge in [-0.05, 0) is 161 Å². The molecule has 10 atom stereocenters. The van der Waals surface area contributed by atoms with Gasteiger partial charge in [-0.15, -0.1) is 0 Å². The minimum Gasteiger partial charge on any atom is -0.480 e. The molecule has 0 aliphatic heterocycles. The number of rotatable bonds is 58. The zero-order valence-corrected chi connectivity index (χ0v) is 58.8. The molecule has 0 aromatic rings. The maximum atomic E-state index is 14.8. The lowest BCUT2D eigenvalue weighted by atomic mass is 10.0. The minimum atomic E-state index is -1.71. The average molecular weight is 1470 g/mol. The Bertz CT molecular complexity index is 2820. The first-order valence-electron chi connectivity index (χ1n) is 34.2. The van der Waals surface area contributed by atoms with E-state index < -0.39 is 138 Å². The van der Waals surface area contributed by atoms with Gasteiger partial charge in [-0.3, -0.25) is 77.9 Å². The summed E-state index contributed by atoms with van der Waals surface area (Å²) in [5.74, 6) is -12.1. The molecule has 0 aliphatic rings. The first-order chi connectivity index (χ1) is 48.8. The van der Waals surface area contributed by atoms with E-state index in [1.165, 1.54) is 0 Å². The molecule has 0 bridgehead atoms. The molecule has 0 aliphatic carbocycles. The lowest BCUT2D eigenvalue weighted by Gasteiger charge is -2.28. The number of carbonyl (C=O) groups is 11. The van der Waals surface area contributed by atoms with Gasteiger partial charge in [0.15, 0.2) is 35.8 Å². The van der Waals surface area contributed by atoms with E-state index in [1.54, 1.807) is 0 Å². The first-order valence-corrected chi connectivity index (χ1v) is 34.2. The SMILES string of the molecule is NCCCC[C@H](NC(=O)[C@H](CCCCN)NC(=O)[C@H](CCCCN)NC(=O)[C@@H](N)CCCN=C(N)N)C(=O)N[C@@H](CCCN=C(N)N)C(=O)N[C@@H](CCCN=C(N)N)C(=O)N[C@@H](CCC(N)=O)C(=O)N[C@@H](CCCN=C(N)N)C(=O)N[C@@H](CCCN=C(N)N)C(=O)N[C@@H](CCCN=C(N)N)C(=O)O. The highest BCUT2D eigenvalue weighted by Crippen LogP contribution is 2.13. The smallest absolute Gasteiger partial charge is 0.326 e. The number of aliphatic carboxylic acids is 1. The molecule has 103 heavy (non-hydrogen) atoms. The van der Waals surface area contributed by atoms with Crippen molar-refractivity contribution in [2.24, 2.45) is 127 Å². The fourth-order valence-corrected chi connectivity index (χ4v) is 9.80. The number of hydrogen-bond donors (Lipinski definition) is 27. The Kier molecular flexibility index (Phi) is 48.9. The summed E-state index contributed by atoms with van der Waals surface area (Å²) in [5.41, 5.74) is 95.2. The number of nitrogens with one attached hydrogen (secondary N) is 9. The van der Waals surface area contributed by atoms with Gasteiger partial charge in [0.25, 0.3) is 0 Å². The molecule has 0 saturated heterocycles. The molecule has 0 unspecified atom stereocenters. The fraction of sp³-hybridized carbons (Fsp3) is 0.712. The lowest BCUT2D eigenvalue weighted by molar-refractivity contribution is -0.142. The molecule has 0 spiro atoms. The van der Waals surface area contributed by atoms with Crippen LogP contribution >= 0.6 is 0 Å². The van der Waals surface area contributed by atoms with E-state index in [2.05, 4.69) is 77.8 Å². The van der Waals surface area contributed by atoms with Crippen LogP contribution in [0.4, 0.5) is 0 Å². The van der Waals surface area contributed by atoms with Gasteiger partial charge >= 0.3 is 5.97 Å². The van der Waals surface area contributed by atoms with Gasteiger partial charge in [0.1, 0.15) is 54.4 Å². The number of carboxylic acids is 1. The third-order valence-corrected chi connectivity index (χ3v) is 15.2. The topological polar surface area (TPSA) is 833 Å². The lowest BCUT2D eigenvalue weighted by Crippen LogP contribution is -2.60. The van der Waals surface area contributed by atoms with Gasteiger partial charge in [0, 0.05) is 45.7 Å². The molecule has 44 nitrogen and oxygen atoms in total. The Labute approximate surface area is 599 Å². The van der Waals surface area contributed by atoms with Crippen molar-refractivity contribution < 1.29 is 57.8 Å². The van der Waals surface area contributed by atoms with Crippen LogP contribution in [0.3, 0.4) is 0 Å². The Morgan fingerprint density at radius 2 is 0.437 bits per heavy atom. The van der Waals surface area contributed by atoms with Crippen molar-refractivity contribution in [2.45, 2.75) is 208 Å². The van der Waals surface area contributed by atoms with E-state index in [0.29, 0.717) is 38.5 Å². The predicted octanol–water partition coefficient (Wildman–Crippen LogP) is -11.3. The van der Waals surface area contributed by atoms with E-state index in [-0.39, 0.29) is 191 Å². The van der Waals surface area contributed by atoms with Crippen LogP contribution in [0.5, 0.6) is 0 Å². The molecule has 44 heteroatoms. The molecular weight excluding hydrogens is 1350 g/mol. The summed E-state index contributed by atoms with van der Waals surface area (Å²) < 4.78 is 0. The minimum absolute atomic E-state index is 0.00571. The normalized spacial score (nSPS) is 13.7. The third kappa shape index (κ3) is 45.2. The summed E-state index contributed by atoms with van der Waals surface area (Å²) in [7, 11) is 0. The number of unbranched alkanes of at least 4 members (excludes halogenated alkanes) is 3. The second kappa shape index (κ2) is 54.4. The van der Waals surface area contributed by atoms with Crippen LogP contribution in [-0.2, 0) is 52.7 Å². The zero-order valence-electron chi connectivity index (χ0n) is 58.8. The van der Waals surface area contributed by atoms with Gasteiger partial charge in [-0.2, -0.15) is 0 Å². The monoisotopic (exact) mass is 1470 g/mol. The Morgan fingerprint density at radius 3 is 0.641 bits per heavy atom. The molecule has 0 saturated carbocycles. The largest absolute Gasteiger partial charge is 0.480 e. The van der Waals surface area contributed by atoms with Crippen molar-refractivity contribution in [1.29, 1.82) is 0 Å². The summed E-state index contributed by atoms with van der Waals surface area (Å²) in [6, 6.07) is -14.3.